The third-order valence-electron chi connectivity index (χ3n) is 5.54. The summed E-state index contributed by atoms with van der Waals surface area (Å²) in [6.45, 7) is 2.42. The number of carbonyl (C=O) groups excluding carboxylic acids is 1. The van der Waals surface area contributed by atoms with E-state index in [2.05, 4.69) is 9.88 Å². The summed E-state index contributed by atoms with van der Waals surface area (Å²) in [5.74, 6) is -0.0749. The van der Waals surface area contributed by atoms with Crippen LogP contribution >= 0.6 is 0 Å². The van der Waals surface area contributed by atoms with Gasteiger partial charge in [-0.2, -0.15) is 13.2 Å². The lowest BCUT2D eigenvalue weighted by molar-refractivity contribution is -0.137. The van der Waals surface area contributed by atoms with Crippen LogP contribution in [0, 0.1) is 0 Å². The quantitative estimate of drug-likeness (QED) is 0.717. The van der Waals surface area contributed by atoms with Crippen molar-refractivity contribution in [2.24, 2.45) is 0 Å². The van der Waals surface area contributed by atoms with Crippen LogP contribution in [-0.4, -0.2) is 48.1 Å². The van der Waals surface area contributed by atoms with Crippen molar-refractivity contribution in [3.05, 3.63) is 47.8 Å². The molecule has 1 aromatic carbocycles. The number of likely N-dealkylation sites (tertiary alicyclic amines) is 1. The van der Waals surface area contributed by atoms with Gasteiger partial charge in [-0.25, -0.2) is 4.39 Å². The molecule has 0 unspecified atom stereocenters. The Hall–Kier alpha value is -2.48. The van der Waals surface area contributed by atoms with Crippen molar-refractivity contribution in [3.63, 3.8) is 0 Å². The zero-order valence-electron chi connectivity index (χ0n) is 15.8. The van der Waals surface area contributed by atoms with E-state index in [0.29, 0.717) is 61.5 Å². The lowest BCUT2D eigenvalue weighted by Crippen LogP contribution is -2.41. The van der Waals surface area contributed by atoms with E-state index in [1.54, 1.807) is 17.0 Å². The monoisotopic (exact) mass is 407 g/mol. The Morgan fingerprint density at radius 3 is 2.55 bits per heavy atom. The number of nitrogens with zero attached hydrogens (tertiary/aromatic N) is 3. The van der Waals surface area contributed by atoms with E-state index >= 15 is 0 Å². The first kappa shape index (κ1) is 19.8. The molecule has 2 aliphatic heterocycles. The molecular formula is C21H21F4N3O. The van der Waals surface area contributed by atoms with E-state index in [4.69, 9.17) is 0 Å². The Bertz CT molecular complexity index is 907. The molecular weight excluding hydrogens is 386 g/mol. The lowest BCUT2D eigenvalue weighted by Gasteiger charge is -2.30. The van der Waals surface area contributed by atoms with Crippen molar-refractivity contribution in [2.45, 2.75) is 31.6 Å². The zero-order valence-corrected chi connectivity index (χ0v) is 15.8. The number of carbonyl (C=O) groups is 1. The van der Waals surface area contributed by atoms with Crippen LogP contribution in [0.1, 0.15) is 24.1 Å². The summed E-state index contributed by atoms with van der Waals surface area (Å²) in [6.07, 6.45) is -2.46. The van der Waals surface area contributed by atoms with Gasteiger partial charge in [-0.15, -0.1) is 0 Å². The number of pyridine rings is 1. The average Bonchev–Trinajstić information content (AvgIpc) is 3.01. The molecule has 0 atom stereocenters. The Balaban J connectivity index is 1.54. The van der Waals surface area contributed by atoms with E-state index in [0.717, 1.165) is 12.1 Å². The number of piperidine rings is 1. The molecule has 1 fully saturated rings. The number of fused-ring (bicyclic) bond motifs is 1. The van der Waals surface area contributed by atoms with Gasteiger partial charge in [0.15, 0.2) is 0 Å². The molecule has 0 bridgehead atoms. The summed E-state index contributed by atoms with van der Waals surface area (Å²) in [7, 11) is 0. The number of alkyl halides is 4. The molecule has 29 heavy (non-hydrogen) atoms. The van der Waals surface area contributed by atoms with Crippen LogP contribution in [0.15, 0.2) is 36.5 Å². The fourth-order valence-corrected chi connectivity index (χ4v) is 3.87. The van der Waals surface area contributed by atoms with Crippen molar-refractivity contribution in [2.75, 3.05) is 31.1 Å². The van der Waals surface area contributed by atoms with Crippen molar-refractivity contribution in [1.82, 2.24) is 9.88 Å². The first-order valence-corrected chi connectivity index (χ1v) is 9.64. The Morgan fingerprint density at radius 2 is 1.83 bits per heavy atom. The van der Waals surface area contributed by atoms with Gasteiger partial charge in [-0.05, 0) is 36.6 Å². The van der Waals surface area contributed by atoms with Crippen LogP contribution < -0.4 is 4.90 Å². The molecule has 0 radical (unpaired) electrons. The van der Waals surface area contributed by atoms with E-state index in [1.807, 2.05) is 0 Å². The average molecular weight is 407 g/mol. The lowest BCUT2D eigenvalue weighted by atomic mass is 10.0. The standard InChI is InChI=1S/C21H21F4N3O/c22-17-4-6-27(7-5-17)8-9-28-19-11-15(13-26-18(19)12-20(28)29)14-2-1-3-16(10-14)21(23,24)25/h1-3,10-11,13,17H,4-9,12H2. The molecule has 0 aliphatic carbocycles. The zero-order chi connectivity index (χ0) is 20.6. The summed E-state index contributed by atoms with van der Waals surface area (Å²) in [5.41, 5.74) is 1.49. The predicted molar refractivity (Wildman–Crippen MR) is 101 cm³/mol. The van der Waals surface area contributed by atoms with Gasteiger partial charge < -0.3 is 9.80 Å². The molecule has 2 aliphatic rings. The van der Waals surface area contributed by atoms with Gasteiger partial charge in [0.05, 0.1) is 23.4 Å². The third-order valence-corrected chi connectivity index (χ3v) is 5.54. The van der Waals surface area contributed by atoms with Crippen LogP contribution in [0.3, 0.4) is 0 Å². The maximum Gasteiger partial charge on any atom is 0.416 e. The largest absolute Gasteiger partial charge is 0.416 e. The third kappa shape index (κ3) is 4.27. The fourth-order valence-electron chi connectivity index (χ4n) is 3.87. The van der Waals surface area contributed by atoms with Gasteiger partial charge in [-0.1, -0.05) is 12.1 Å². The van der Waals surface area contributed by atoms with E-state index in [-0.39, 0.29) is 12.3 Å². The predicted octanol–water partition coefficient (Wildman–Crippen LogP) is 4.09. The van der Waals surface area contributed by atoms with Gasteiger partial charge in [-0.3, -0.25) is 9.78 Å². The fraction of sp³-hybridized carbons (Fsp3) is 0.429. The highest BCUT2D eigenvalue weighted by Crippen LogP contribution is 2.35. The second-order valence-corrected chi connectivity index (χ2v) is 7.51. The number of rotatable bonds is 4. The van der Waals surface area contributed by atoms with Crippen LogP contribution in [-0.2, 0) is 17.4 Å². The molecule has 4 nitrogen and oxygen atoms in total. The van der Waals surface area contributed by atoms with Gasteiger partial charge >= 0.3 is 6.18 Å². The van der Waals surface area contributed by atoms with Crippen molar-refractivity contribution < 1.29 is 22.4 Å². The molecule has 0 spiro atoms. The maximum absolute atomic E-state index is 13.3. The SMILES string of the molecule is O=C1Cc2ncc(-c3cccc(C(F)(F)F)c3)cc2N1CCN1CCC(F)CC1. The molecule has 2 aromatic rings. The number of amides is 1. The number of benzene rings is 1. The van der Waals surface area contributed by atoms with Gasteiger partial charge in [0.2, 0.25) is 5.91 Å². The van der Waals surface area contributed by atoms with Gasteiger partial charge in [0, 0.05) is 37.9 Å². The smallest absolute Gasteiger partial charge is 0.309 e. The first-order valence-electron chi connectivity index (χ1n) is 9.64. The van der Waals surface area contributed by atoms with Crippen LogP contribution in [0.4, 0.5) is 23.2 Å². The van der Waals surface area contributed by atoms with Gasteiger partial charge in [0.25, 0.3) is 0 Å². The minimum Gasteiger partial charge on any atom is -0.309 e. The van der Waals surface area contributed by atoms with E-state index in [9.17, 15) is 22.4 Å². The van der Waals surface area contributed by atoms with Crippen molar-refractivity contribution in [1.29, 1.82) is 0 Å². The summed E-state index contributed by atoms with van der Waals surface area (Å²) >= 11 is 0. The molecule has 0 N–H and O–H groups in total. The molecule has 1 aromatic heterocycles. The van der Waals surface area contributed by atoms with Crippen molar-refractivity contribution >= 4 is 11.6 Å². The minimum absolute atomic E-state index is 0.0749. The number of halogens is 4. The summed E-state index contributed by atoms with van der Waals surface area (Å²) < 4.78 is 52.4. The topological polar surface area (TPSA) is 36.4 Å². The molecule has 1 amide bonds. The van der Waals surface area contributed by atoms with Crippen LogP contribution in [0.25, 0.3) is 11.1 Å². The molecule has 3 heterocycles. The molecule has 0 saturated carbocycles. The van der Waals surface area contributed by atoms with E-state index < -0.39 is 17.9 Å². The summed E-state index contributed by atoms with van der Waals surface area (Å²) in [6, 6.07) is 6.81. The second kappa shape index (κ2) is 7.74. The van der Waals surface area contributed by atoms with Crippen LogP contribution in [0.5, 0.6) is 0 Å². The molecule has 154 valence electrons. The molecule has 4 rings (SSSR count). The Morgan fingerprint density at radius 1 is 1.07 bits per heavy atom. The second-order valence-electron chi connectivity index (χ2n) is 7.51. The number of anilines is 1. The van der Waals surface area contributed by atoms with Crippen LogP contribution in [0.2, 0.25) is 0 Å². The Kier molecular flexibility index (Phi) is 5.29. The highest BCUT2D eigenvalue weighted by atomic mass is 19.4. The van der Waals surface area contributed by atoms with Gasteiger partial charge in [0.1, 0.15) is 6.17 Å². The highest BCUT2D eigenvalue weighted by molar-refractivity contribution is 6.01. The Labute approximate surface area is 166 Å². The molecule has 8 heteroatoms. The minimum atomic E-state index is -4.42. The maximum atomic E-state index is 13.3. The summed E-state index contributed by atoms with van der Waals surface area (Å²) in [4.78, 5) is 20.5. The van der Waals surface area contributed by atoms with E-state index in [1.165, 1.54) is 12.3 Å². The first-order chi connectivity index (χ1) is 13.8. The highest BCUT2D eigenvalue weighted by Gasteiger charge is 2.32. The van der Waals surface area contributed by atoms with Crippen molar-refractivity contribution in [3.8, 4) is 11.1 Å². The molecule has 1 saturated heterocycles. The number of hydrogen-bond acceptors (Lipinski definition) is 3. The number of hydrogen-bond donors (Lipinski definition) is 0. The normalized spacial score (nSPS) is 18.3. The summed E-state index contributed by atoms with van der Waals surface area (Å²) in [5, 5.41) is 0. The number of aromatic nitrogens is 1.